The Kier molecular flexibility index (Phi) is 1.78. The molecule has 0 aromatic carbocycles. The Hall–Kier alpha value is -2.17. The Morgan fingerprint density at radius 2 is 2.36 bits per heavy atom. The van der Waals surface area contributed by atoms with Crippen molar-refractivity contribution < 1.29 is 14.7 Å². The van der Waals surface area contributed by atoms with Crippen molar-refractivity contribution >= 4 is 23.3 Å². The van der Waals surface area contributed by atoms with Crippen LogP contribution in [0.1, 0.15) is 10.5 Å². The first-order valence-corrected chi connectivity index (χ1v) is 3.88. The van der Waals surface area contributed by atoms with Crippen LogP contribution in [0.25, 0.3) is 10.9 Å². The molecule has 2 rings (SSSR count). The van der Waals surface area contributed by atoms with Gasteiger partial charge in [-0.05, 0) is 12.1 Å². The van der Waals surface area contributed by atoms with E-state index in [9.17, 15) is 9.59 Å². The molecule has 5 nitrogen and oxygen atoms in total. The van der Waals surface area contributed by atoms with E-state index in [1.807, 2.05) is 0 Å². The zero-order valence-electron chi connectivity index (χ0n) is 7.04. The Labute approximate surface area is 78.6 Å². The lowest BCUT2D eigenvalue weighted by Crippen LogP contribution is -2.10. The van der Waals surface area contributed by atoms with Gasteiger partial charge >= 0.3 is 6.09 Å². The molecule has 0 bridgehead atoms. The van der Waals surface area contributed by atoms with Crippen LogP contribution in [0.2, 0.25) is 0 Å². The number of rotatable bonds is 1. The summed E-state index contributed by atoms with van der Waals surface area (Å²) in [6.07, 6.45) is 2.33. The Balaban J connectivity index is 2.87. The number of pyridine rings is 1. The van der Waals surface area contributed by atoms with E-state index in [-0.39, 0.29) is 5.69 Å². The Morgan fingerprint density at radius 3 is 3.00 bits per heavy atom. The van der Waals surface area contributed by atoms with E-state index in [1.54, 1.807) is 6.07 Å². The van der Waals surface area contributed by atoms with E-state index in [0.717, 1.165) is 4.57 Å². The number of carbonyl (C=O) groups is 2. The average molecular weight is 190 g/mol. The smallest absolute Gasteiger partial charge is 0.416 e. The molecule has 0 unspecified atom stereocenters. The molecule has 5 heteroatoms. The second-order valence-electron chi connectivity index (χ2n) is 2.74. The van der Waals surface area contributed by atoms with Crippen LogP contribution in [0.5, 0.6) is 0 Å². The molecule has 0 atom stereocenters. The van der Waals surface area contributed by atoms with E-state index < -0.39 is 6.09 Å². The molecule has 2 aromatic heterocycles. The van der Waals surface area contributed by atoms with Crippen molar-refractivity contribution in [1.82, 2.24) is 9.55 Å². The summed E-state index contributed by atoms with van der Waals surface area (Å²) in [4.78, 5) is 25.3. The fourth-order valence-electron chi connectivity index (χ4n) is 1.38. The molecule has 0 aliphatic carbocycles. The SMILES string of the molecule is O=Cc1cc2cnccc2n1C(=O)O. The van der Waals surface area contributed by atoms with Gasteiger partial charge in [-0.3, -0.25) is 9.78 Å². The number of fused-ring (bicyclic) bond motifs is 1. The van der Waals surface area contributed by atoms with Gasteiger partial charge in [-0.1, -0.05) is 0 Å². The third-order valence-corrected chi connectivity index (χ3v) is 1.94. The lowest BCUT2D eigenvalue weighted by molar-refractivity contribution is 0.111. The van der Waals surface area contributed by atoms with Crippen molar-refractivity contribution in [3.05, 3.63) is 30.2 Å². The summed E-state index contributed by atoms with van der Waals surface area (Å²) in [5.74, 6) is 0. The summed E-state index contributed by atoms with van der Waals surface area (Å²) < 4.78 is 0.935. The number of carbonyl (C=O) groups excluding carboxylic acids is 1. The second kappa shape index (κ2) is 2.95. The van der Waals surface area contributed by atoms with Gasteiger partial charge in [-0.25, -0.2) is 9.36 Å². The van der Waals surface area contributed by atoms with Crippen LogP contribution in [0.3, 0.4) is 0 Å². The maximum atomic E-state index is 10.8. The molecular formula is C9H6N2O3. The van der Waals surface area contributed by atoms with Crippen LogP contribution < -0.4 is 0 Å². The minimum Gasteiger partial charge on any atom is -0.464 e. The molecule has 1 N–H and O–H groups in total. The summed E-state index contributed by atoms with van der Waals surface area (Å²) in [7, 11) is 0. The quantitative estimate of drug-likeness (QED) is 0.689. The highest BCUT2D eigenvalue weighted by Gasteiger charge is 2.12. The average Bonchev–Trinajstić information content (AvgIpc) is 2.55. The van der Waals surface area contributed by atoms with Gasteiger partial charge in [0.05, 0.1) is 11.2 Å². The van der Waals surface area contributed by atoms with Gasteiger partial charge in [-0.15, -0.1) is 0 Å². The molecule has 70 valence electrons. The van der Waals surface area contributed by atoms with Crippen LogP contribution in [0.15, 0.2) is 24.5 Å². The van der Waals surface area contributed by atoms with Crippen LogP contribution in [-0.2, 0) is 0 Å². The van der Waals surface area contributed by atoms with Crippen molar-refractivity contribution in [2.75, 3.05) is 0 Å². The number of nitrogens with zero attached hydrogens (tertiary/aromatic N) is 2. The molecule has 2 aromatic rings. The summed E-state index contributed by atoms with van der Waals surface area (Å²) >= 11 is 0. The molecule has 0 saturated heterocycles. The number of aromatic nitrogens is 2. The maximum Gasteiger partial charge on any atom is 0.416 e. The van der Waals surface area contributed by atoms with Gasteiger partial charge in [0, 0.05) is 17.8 Å². The normalized spacial score (nSPS) is 10.3. The van der Waals surface area contributed by atoms with Crippen LogP contribution in [0.4, 0.5) is 4.79 Å². The number of aldehydes is 1. The summed E-state index contributed by atoms with van der Waals surface area (Å²) in [5.41, 5.74) is 0.579. The number of carboxylic acid groups (broad SMARTS) is 1. The molecule has 0 fully saturated rings. The summed E-state index contributed by atoms with van der Waals surface area (Å²) in [6, 6.07) is 3.04. The van der Waals surface area contributed by atoms with Gasteiger partial charge in [0.1, 0.15) is 0 Å². The van der Waals surface area contributed by atoms with Gasteiger partial charge in [0.2, 0.25) is 0 Å². The first kappa shape index (κ1) is 8.43. The number of hydrogen-bond donors (Lipinski definition) is 1. The van der Waals surface area contributed by atoms with Crippen molar-refractivity contribution in [2.24, 2.45) is 0 Å². The predicted octanol–water partition coefficient (Wildman–Crippen LogP) is 1.37. The minimum atomic E-state index is -1.17. The third-order valence-electron chi connectivity index (χ3n) is 1.94. The fraction of sp³-hybridized carbons (Fsp3) is 0. The van der Waals surface area contributed by atoms with Crippen molar-refractivity contribution in [1.29, 1.82) is 0 Å². The third kappa shape index (κ3) is 1.06. The highest BCUT2D eigenvalue weighted by Crippen LogP contribution is 2.16. The maximum absolute atomic E-state index is 10.8. The molecule has 2 heterocycles. The molecule has 0 aliphatic heterocycles. The second-order valence-corrected chi connectivity index (χ2v) is 2.74. The highest BCUT2D eigenvalue weighted by atomic mass is 16.4. The monoisotopic (exact) mass is 190 g/mol. The van der Waals surface area contributed by atoms with Gasteiger partial charge in [0.15, 0.2) is 6.29 Å². The highest BCUT2D eigenvalue weighted by molar-refractivity contribution is 5.96. The lowest BCUT2D eigenvalue weighted by Gasteiger charge is -1.98. The molecule has 14 heavy (non-hydrogen) atoms. The van der Waals surface area contributed by atoms with E-state index >= 15 is 0 Å². The molecule has 0 spiro atoms. The number of hydrogen-bond acceptors (Lipinski definition) is 3. The van der Waals surface area contributed by atoms with Gasteiger partial charge in [0.25, 0.3) is 0 Å². The van der Waals surface area contributed by atoms with Gasteiger partial charge in [-0.2, -0.15) is 0 Å². The van der Waals surface area contributed by atoms with E-state index in [2.05, 4.69) is 4.98 Å². The molecule has 0 aliphatic rings. The van der Waals surface area contributed by atoms with Crippen LogP contribution in [-0.4, -0.2) is 27.0 Å². The van der Waals surface area contributed by atoms with Crippen molar-refractivity contribution in [3.8, 4) is 0 Å². The molecule has 0 radical (unpaired) electrons. The predicted molar refractivity (Wildman–Crippen MR) is 48.5 cm³/mol. The van der Waals surface area contributed by atoms with Crippen LogP contribution >= 0.6 is 0 Å². The summed E-state index contributed by atoms with van der Waals surface area (Å²) in [5, 5.41) is 9.50. The van der Waals surface area contributed by atoms with Crippen molar-refractivity contribution in [3.63, 3.8) is 0 Å². The zero-order valence-corrected chi connectivity index (χ0v) is 7.04. The van der Waals surface area contributed by atoms with Crippen molar-refractivity contribution in [2.45, 2.75) is 0 Å². The standard InChI is InChI=1S/C9H6N2O3/c12-5-7-3-6-4-10-2-1-8(6)11(7)9(13)14/h1-5H,(H,13,14). The van der Waals surface area contributed by atoms with Crippen LogP contribution in [0, 0.1) is 0 Å². The van der Waals surface area contributed by atoms with E-state index in [1.165, 1.54) is 18.5 Å². The minimum absolute atomic E-state index is 0.112. The fourth-order valence-corrected chi connectivity index (χ4v) is 1.38. The topological polar surface area (TPSA) is 72.2 Å². The summed E-state index contributed by atoms with van der Waals surface area (Å²) in [6.45, 7) is 0. The Morgan fingerprint density at radius 1 is 1.57 bits per heavy atom. The lowest BCUT2D eigenvalue weighted by atomic mass is 10.3. The zero-order chi connectivity index (χ0) is 10.1. The van der Waals surface area contributed by atoms with E-state index in [4.69, 9.17) is 5.11 Å². The molecule has 0 saturated carbocycles. The molecular weight excluding hydrogens is 184 g/mol. The first-order chi connectivity index (χ1) is 6.74. The Bertz CT molecular complexity index is 516. The van der Waals surface area contributed by atoms with Gasteiger partial charge < -0.3 is 5.11 Å². The largest absolute Gasteiger partial charge is 0.464 e. The first-order valence-electron chi connectivity index (χ1n) is 3.88. The molecule has 0 amide bonds. The van der Waals surface area contributed by atoms with E-state index in [0.29, 0.717) is 17.2 Å².